The van der Waals surface area contributed by atoms with Crippen molar-refractivity contribution in [3.63, 3.8) is 0 Å². The Morgan fingerprint density at radius 3 is 2.63 bits per heavy atom. The molecule has 0 saturated carbocycles. The van der Waals surface area contributed by atoms with E-state index in [1.807, 2.05) is 6.07 Å². The Bertz CT molecular complexity index is 1250. The summed E-state index contributed by atoms with van der Waals surface area (Å²) >= 11 is 7.33. The van der Waals surface area contributed by atoms with E-state index in [1.54, 1.807) is 37.4 Å². The van der Waals surface area contributed by atoms with Crippen LogP contribution in [-0.2, 0) is 13.6 Å². The quantitative estimate of drug-likeness (QED) is 0.551. The maximum atomic E-state index is 13.0. The Balaban J connectivity index is 1.71. The number of hydrogen-bond donors (Lipinski definition) is 1. The fourth-order valence-electron chi connectivity index (χ4n) is 3.00. The number of halogens is 2. The van der Waals surface area contributed by atoms with Crippen molar-refractivity contribution in [1.82, 2.24) is 9.88 Å². The van der Waals surface area contributed by atoms with Gasteiger partial charge in [-0.15, -0.1) is 11.3 Å². The molecule has 1 amide bonds. The molecule has 1 N–H and O–H groups in total. The van der Waals surface area contributed by atoms with Crippen molar-refractivity contribution in [3.05, 3.63) is 80.2 Å². The van der Waals surface area contributed by atoms with Gasteiger partial charge in [0.15, 0.2) is 0 Å². The minimum atomic E-state index is -0.322. The average molecular weight is 401 g/mol. The lowest BCUT2D eigenvalue weighted by Crippen LogP contribution is -2.21. The number of aryl methyl sites for hydroxylation is 1. The predicted molar refractivity (Wildman–Crippen MR) is 107 cm³/mol. The first-order valence-electron chi connectivity index (χ1n) is 8.18. The van der Waals surface area contributed by atoms with E-state index in [1.165, 1.54) is 28.0 Å². The second-order valence-electron chi connectivity index (χ2n) is 6.19. The third-order valence-corrected chi connectivity index (χ3v) is 5.83. The van der Waals surface area contributed by atoms with Gasteiger partial charge in [-0.3, -0.25) is 9.59 Å². The average Bonchev–Trinajstić information content (AvgIpc) is 3.11. The van der Waals surface area contributed by atoms with E-state index in [9.17, 15) is 14.0 Å². The van der Waals surface area contributed by atoms with Gasteiger partial charge in [0.2, 0.25) is 0 Å². The molecular formula is C20H14ClFN2O2S. The third kappa shape index (κ3) is 3.22. The number of carbonyl (C=O) groups is 1. The van der Waals surface area contributed by atoms with Gasteiger partial charge >= 0.3 is 0 Å². The van der Waals surface area contributed by atoms with Crippen molar-refractivity contribution < 1.29 is 9.18 Å². The Morgan fingerprint density at radius 1 is 1.15 bits per heavy atom. The van der Waals surface area contributed by atoms with Gasteiger partial charge in [0.05, 0.1) is 15.8 Å². The number of nitrogens with zero attached hydrogens (tertiary/aromatic N) is 1. The van der Waals surface area contributed by atoms with E-state index < -0.39 is 0 Å². The van der Waals surface area contributed by atoms with Crippen LogP contribution in [-0.4, -0.2) is 10.5 Å². The Kier molecular flexibility index (Phi) is 4.45. The summed E-state index contributed by atoms with van der Waals surface area (Å²) in [5.74, 6) is -0.595. The molecule has 2 aromatic carbocycles. The molecule has 27 heavy (non-hydrogen) atoms. The molecule has 4 aromatic rings. The highest BCUT2D eigenvalue weighted by atomic mass is 35.5. The summed E-state index contributed by atoms with van der Waals surface area (Å²) in [7, 11) is 1.69. The predicted octanol–water partition coefficient (Wildman–Crippen LogP) is 4.48. The van der Waals surface area contributed by atoms with E-state index in [0.717, 1.165) is 21.2 Å². The van der Waals surface area contributed by atoms with Gasteiger partial charge in [-0.1, -0.05) is 23.7 Å². The summed E-state index contributed by atoms with van der Waals surface area (Å²) in [6, 6.07) is 12.9. The van der Waals surface area contributed by atoms with Crippen LogP contribution in [0.2, 0.25) is 5.02 Å². The molecule has 7 heteroatoms. The molecule has 0 saturated heterocycles. The molecule has 0 atom stereocenters. The molecule has 0 fully saturated rings. The van der Waals surface area contributed by atoms with Crippen LogP contribution in [0.25, 0.3) is 21.0 Å². The van der Waals surface area contributed by atoms with Crippen LogP contribution in [0.1, 0.15) is 15.2 Å². The molecule has 0 aliphatic rings. The van der Waals surface area contributed by atoms with Crippen LogP contribution in [0, 0.1) is 5.82 Å². The number of amides is 1. The number of thiophene rings is 1. The Labute approximate surface area is 162 Å². The van der Waals surface area contributed by atoms with Gasteiger partial charge in [-0.25, -0.2) is 4.39 Å². The van der Waals surface area contributed by atoms with Crippen LogP contribution in [0.15, 0.2) is 53.3 Å². The summed E-state index contributed by atoms with van der Waals surface area (Å²) in [5, 5.41) is 4.73. The second kappa shape index (κ2) is 6.79. The van der Waals surface area contributed by atoms with Gasteiger partial charge in [0.25, 0.3) is 11.5 Å². The summed E-state index contributed by atoms with van der Waals surface area (Å²) in [6.45, 7) is 0.279. The maximum absolute atomic E-state index is 13.0. The fraction of sp³-hybridized carbons (Fsp3) is 0.100. The highest BCUT2D eigenvalue weighted by Gasteiger charge is 2.16. The molecule has 4 rings (SSSR count). The van der Waals surface area contributed by atoms with Crippen LogP contribution in [0.3, 0.4) is 0 Å². The third-order valence-electron chi connectivity index (χ3n) is 4.42. The van der Waals surface area contributed by atoms with Gasteiger partial charge in [0.1, 0.15) is 5.82 Å². The van der Waals surface area contributed by atoms with E-state index in [2.05, 4.69) is 5.32 Å². The van der Waals surface area contributed by atoms with Gasteiger partial charge in [-0.05, 0) is 42.0 Å². The fourth-order valence-corrected chi connectivity index (χ4v) is 4.26. The molecule has 2 heterocycles. The number of hydrogen-bond acceptors (Lipinski definition) is 3. The summed E-state index contributed by atoms with van der Waals surface area (Å²) in [6.07, 6.45) is 0. The van der Waals surface area contributed by atoms with E-state index >= 15 is 0 Å². The van der Waals surface area contributed by atoms with Crippen LogP contribution < -0.4 is 10.9 Å². The summed E-state index contributed by atoms with van der Waals surface area (Å²) < 4.78 is 15.3. The smallest absolute Gasteiger partial charge is 0.261 e. The number of benzene rings is 2. The minimum absolute atomic E-state index is 0.173. The minimum Gasteiger partial charge on any atom is -0.347 e. The van der Waals surface area contributed by atoms with E-state index in [-0.39, 0.29) is 23.8 Å². The molecule has 2 aromatic heterocycles. The number of fused-ring (bicyclic) bond motifs is 3. The van der Waals surface area contributed by atoms with Crippen molar-refractivity contribution in [2.45, 2.75) is 6.54 Å². The zero-order chi connectivity index (χ0) is 19.1. The van der Waals surface area contributed by atoms with Crippen LogP contribution >= 0.6 is 22.9 Å². The first kappa shape index (κ1) is 17.7. The Morgan fingerprint density at radius 2 is 1.89 bits per heavy atom. The van der Waals surface area contributed by atoms with Crippen molar-refractivity contribution >= 4 is 49.8 Å². The number of rotatable bonds is 3. The van der Waals surface area contributed by atoms with Crippen LogP contribution in [0.4, 0.5) is 4.39 Å². The van der Waals surface area contributed by atoms with Crippen molar-refractivity contribution in [1.29, 1.82) is 0 Å². The molecule has 0 bridgehead atoms. The lowest BCUT2D eigenvalue weighted by molar-refractivity contribution is 0.0955. The molecule has 0 unspecified atom stereocenters. The highest BCUT2D eigenvalue weighted by Crippen LogP contribution is 2.31. The maximum Gasteiger partial charge on any atom is 0.261 e. The molecule has 136 valence electrons. The Hall–Kier alpha value is -2.70. The summed E-state index contributed by atoms with van der Waals surface area (Å²) in [5.41, 5.74) is 1.34. The molecule has 0 aliphatic heterocycles. The number of pyridine rings is 1. The normalized spacial score (nSPS) is 11.2. The molecule has 0 radical (unpaired) electrons. The molecule has 0 spiro atoms. The van der Waals surface area contributed by atoms with Crippen molar-refractivity contribution in [2.24, 2.45) is 7.05 Å². The first-order chi connectivity index (χ1) is 12.9. The zero-order valence-electron chi connectivity index (χ0n) is 14.3. The highest BCUT2D eigenvalue weighted by molar-refractivity contribution is 7.21. The van der Waals surface area contributed by atoms with Gasteiger partial charge in [-0.2, -0.15) is 0 Å². The molecule has 0 aliphatic carbocycles. The van der Waals surface area contributed by atoms with E-state index in [0.29, 0.717) is 15.3 Å². The topological polar surface area (TPSA) is 51.1 Å². The zero-order valence-corrected chi connectivity index (χ0v) is 15.8. The number of carbonyl (C=O) groups excluding carboxylic acids is 1. The SMILES string of the molecule is Cn1c(=O)c2cc(C(=O)NCc3ccc(F)cc3)sc2c2ccc(Cl)cc21. The number of nitrogens with one attached hydrogen (secondary N) is 1. The van der Waals surface area contributed by atoms with Gasteiger partial charge in [0, 0.05) is 28.7 Å². The second-order valence-corrected chi connectivity index (χ2v) is 7.68. The van der Waals surface area contributed by atoms with Crippen molar-refractivity contribution in [2.75, 3.05) is 0 Å². The lowest BCUT2D eigenvalue weighted by Gasteiger charge is -2.06. The lowest BCUT2D eigenvalue weighted by atomic mass is 10.1. The monoisotopic (exact) mass is 400 g/mol. The summed E-state index contributed by atoms with van der Waals surface area (Å²) in [4.78, 5) is 25.6. The van der Waals surface area contributed by atoms with Gasteiger partial charge < -0.3 is 9.88 Å². The largest absolute Gasteiger partial charge is 0.347 e. The van der Waals surface area contributed by atoms with Crippen LogP contribution in [0.5, 0.6) is 0 Å². The van der Waals surface area contributed by atoms with Crippen molar-refractivity contribution in [3.8, 4) is 0 Å². The number of aromatic nitrogens is 1. The first-order valence-corrected chi connectivity index (χ1v) is 9.38. The molecular weight excluding hydrogens is 387 g/mol. The standard InChI is InChI=1S/C20H14ClFN2O2S/c1-24-16-8-12(21)4-7-14(16)18-15(20(24)26)9-17(27-18)19(25)23-10-11-2-5-13(22)6-3-11/h2-9H,10H2,1H3,(H,23,25). The molecule has 4 nitrogen and oxygen atoms in total. The van der Waals surface area contributed by atoms with E-state index in [4.69, 9.17) is 11.6 Å².